The molecular formula is C13H13ClN4O. The van der Waals surface area contributed by atoms with Gasteiger partial charge in [0.15, 0.2) is 5.69 Å². The van der Waals surface area contributed by atoms with Crippen molar-refractivity contribution in [3.8, 4) is 5.69 Å². The molecule has 98 valence electrons. The second-order valence-electron chi connectivity index (χ2n) is 4.65. The average Bonchev–Trinajstić information content (AvgIpc) is 3.09. The smallest absolute Gasteiger partial charge is 0.273 e. The number of aryl methyl sites for hydroxylation is 1. The van der Waals surface area contributed by atoms with Gasteiger partial charge in [0.1, 0.15) is 0 Å². The van der Waals surface area contributed by atoms with Crippen molar-refractivity contribution in [2.45, 2.75) is 25.8 Å². The number of halogens is 1. The predicted molar refractivity (Wildman–Crippen MR) is 71.6 cm³/mol. The molecule has 5 nitrogen and oxygen atoms in total. The monoisotopic (exact) mass is 276 g/mol. The summed E-state index contributed by atoms with van der Waals surface area (Å²) in [6.45, 7) is 1.77. The summed E-state index contributed by atoms with van der Waals surface area (Å²) in [6, 6.07) is 7.50. The highest BCUT2D eigenvalue weighted by Crippen LogP contribution is 2.20. The van der Waals surface area contributed by atoms with E-state index in [0.29, 0.717) is 22.5 Å². The number of nitrogens with zero attached hydrogens (tertiary/aromatic N) is 3. The Morgan fingerprint density at radius 1 is 1.42 bits per heavy atom. The summed E-state index contributed by atoms with van der Waals surface area (Å²) in [4.78, 5) is 13.4. The third-order valence-corrected chi connectivity index (χ3v) is 3.18. The lowest BCUT2D eigenvalue weighted by atomic mass is 10.3. The van der Waals surface area contributed by atoms with E-state index >= 15 is 0 Å². The SMILES string of the molecule is Cc1nn(-c2cccc(Cl)c2)nc1C(=O)NC1CC1. The summed E-state index contributed by atoms with van der Waals surface area (Å²) >= 11 is 5.93. The molecule has 1 N–H and O–H groups in total. The van der Waals surface area contributed by atoms with Gasteiger partial charge < -0.3 is 5.32 Å². The van der Waals surface area contributed by atoms with Crippen LogP contribution in [0.3, 0.4) is 0 Å². The zero-order chi connectivity index (χ0) is 13.4. The molecule has 1 heterocycles. The van der Waals surface area contributed by atoms with Crippen LogP contribution >= 0.6 is 11.6 Å². The number of nitrogens with one attached hydrogen (secondary N) is 1. The highest BCUT2D eigenvalue weighted by molar-refractivity contribution is 6.30. The molecule has 1 amide bonds. The summed E-state index contributed by atoms with van der Waals surface area (Å²) < 4.78 is 0. The van der Waals surface area contributed by atoms with Crippen molar-refractivity contribution >= 4 is 17.5 Å². The lowest BCUT2D eigenvalue weighted by Gasteiger charge is -2.00. The van der Waals surface area contributed by atoms with Gasteiger partial charge in [0.05, 0.1) is 11.4 Å². The third-order valence-electron chi connectivity index (χ3n) is 2.95. The first kappa shape index (κ1) is 12.2. The molecule has 0 aliphatic heterocycles. The number of hydrogen-bond donors (Lipinski definition) is 1. The number of carbonyl (C=O) groups excluding carboxylic acids is 1. The zero-order valence-electron chi connectivity index (χ0n) is 10.4. The Bertz CT molecular complexity index is 633. The molecule has 1 aliphatic carbocycles. The first-order valence-electron chi connectivity index (χ1n) is 6.14. The minimum absolute atomic E-state index is 0.159. The standard InChI is InChI=1S/C13H13ClN4O/c1-8-12(13(19)15-10-5-6-10)17-18(16-8)11-4-2-3-9(14)7-11/h2-4,7,10H,5-6H2,1H3,(H,15,19). The van der Waals surface area contributed by atoms with Gasteiger partial charge in [0.25, 0.3) is 5.91 Å². The van der Waals surface area contributed by atoms with E-state index in [4.69, 9.17) is 11.6 Å². The van der Waals surface area contributed by atoms with Crippen LogP contribution in [0.5, 0.6) is 0 Å². The van der Waals surface area contributed by atoms with E-state index < -0.39 is 0 Å². The molecule has 0 atom stereocenters. The van der Waals surface area contributed by atoms with E-state index in [1.165, 1.54) is 4.80 Å². The largest absolute Gasteiger partial charge is 0.348 e. The van der Waals surface area contributed by atoms with Crippen molar-refractivity contribution in [1.82, 2.24) is 20.3 Å². The first-order chi connectivity index (χ1) is 9.13. The van der Waals surface area contributed by atoms with Gasteiger partial charge >= 0.3 is 0 Å². The molecule has 0 bridgehead atoms. The van der Waals surface area contributed by atoms with Crippen LogP contribution < -0.4 is 5.32 Å². The average molecular weight is 277 g/mol. The normalized spacial score (nSPS) is 14.4. The maximum atomic E-state index is 12.0. The molecule has 0 radical (unpaired) electrons. The van der Waals surface area contributed by atoms with E-state index in [0.717, 1.165) is 18.5 Å². The van der Waals surface area contributed by atoms with Crippen LogP contribution in [-0.2, 0) is 0 Å². The van der Waals surface area contributed by atoms with E-state index in [2.05, 4.69) is 15.5 Å². The Labute approximate surface area is 115 Å². The van der Waals surface area contributed by atoms with Crippen molar-refractivity contribution in [3.63, 3.8) is 0 Å². The number of amides is 1. The molecule has 1 saturated carbocycles. The maximum absolute atomic E-state index is 12.0. The molecule has 1 aliphatic rings. The summed E-state index contributed by atoms with van der Waals surface area (Å²) in [5.41, 5.74) is 1.71. The summed E-state index contributed by atoms with van der Waals surface area (Å²) in [5, 5.41) is 12.0. The Hall–Kier alpha value is -1.88. The van der Waals surface area contributed by atoms with Crippen molar-refractivity contribution in [1.29, 1.82) is 0 Å². The number of carbonyl (C=O) groups is 1. The van der Waals surface area contributed by atoms with Crippen LogP contribution in [0.1, 0.15) is 29.0 Å². The van der Waals surface area contributed by atoms with Crippen LogP contribution in [-0.4, -0.2) is 26.9 Å². The number of hydrogen-bond acceptors (Lipinski definition) is 3. The Balaban J connectivity index is 1.89. The molecule has 2 aromatic rings. The lowest BCUT2D eigenvalue weighted by molar-refractivity contribution is 0.0945. The Morgan fingerprint density at radius 3 is 2.89 bits per heavy atom. The lowest BCUT2D eigenvalue weighted by Crippen LogP contribution is -2.26. The quantitative estimate of drug-likeness (QED) is 0.934. The summed E-state index contributed by atoms with van der Waals surface area (Å²) in [6.07, 6.45) is 2.10. The molecule has 6 heteroatoms. The third kappa shape index (κ3) is 2.61. The van der Waals surface area contributed by atoms with E-state index in [-0.39, 0.29) is 5.91 Å². The number of rotatable bonds is 3. The van der Waals surface area contributed by atoms with Gasteiger partial charge in [-0.15, -0.1) is 5.10 Å². The van der Waals surface area contributed by atoms with Gasteiger partial charge in [-0.3, -0.25) is 4.79 Å². The molecule has 1 aromatic carbocycles. The van der Waals surface area contributed by atoms with Crippen LogP contribution in [0.15, 0.2) is 24.3 Å². The van der Waals surface area contributed by atoms with Crippen LogP contribution in [0.4, 0.5) is 0 Å². The van der Waals surface area contributed by atoms with E-state index in [1.54, 1.807) is 19.1 Å². The fraction of sp³-hybridized carbons (Fsp3) is 0.308. The van der Waals surface area contributed by atoms with E-state index in [9.17, 15) is 4.79 Å². The van der Waals surface area contributed by atoms with Crippen molar-refractivity contribution in [2.75, 3.05) is 0 Å². The molecule has 0 unspecified atom stereocenters. The van der Waals surface area contributed by atoms with Crippen LogP contribution in [0, 0.1) is 6.92 Å². The van der Waals surface area contributed by atoms with Crippen LogP contribution in [0.2, 0.25) is 5.02 Å². The summed E-state index contributed by atoms with van der Waals surface area (Å²) in [7, 11) is 0. The first-order valence-corrected chi connectivity index (χ1v) is 6.52. The number of benzene rings is 1. The molecule has 0 spiro atoms. The minimum Gasteiger partial charge on any atom is -0.348 e. The van der Waals surface area contributed by atoms with Gasteiger partial charge in [-0.2, -0.15) is 9.90 Å². The topological polar surface area (TPSA) is 59.8 Å². The fourth-order valence-electron chi connectivity index (χ4n) is 1.79. The molecule has 0 saturated heterocycles. The Kier molecular flexibility index (Phi) is 2.98. The van der Waals surface area contributed by atoms with Crippen molar-refractivity contribution < 1.29 is 4.79 Å². The predicted octanol–water partition coefficient (Wildman–Crippen LogP) is 2.12. The second kappa shape index (κ2) is 4.66. The minimum atomic E-state index is -0.159. The molecular weight excluding hydrogens is 264 g/mol. The van der Waals surface area contributed by atoms with Gasteiger partial charge in [0.2, 0.25) is 0 Å². The van der Waals surface area contributed by atoms with Crippen molar-refractivity contribution in [3.05, 3.63) is 40.7 Å². The van der Waals surface area contributed by atoms with Crippen molar-refractivity contribution in [2.24, 2.45) is 0 Å². The van der Waals surface area contributed by atoms with Gasteiger partial charge in [-0.1, -0.05) is 17.7 Å². The zero-order valence-corrected chi connectivity index (χ0v) is 11.2. The molecule has 1 fully saturated rings. The van der Waals surface area contributed by atoms with Gasteiger partial charge in [-0.25, -0.2) is 0 Å². The Morgan fingerprint density at radius 2 is 2.21 bits per heavy atom. The molecule has 3 rings (SSSR count). The molecule has 1 aromatic heterocycles. The van der Waals surface area contributed by atoms with Gasteiger partial charge in [-0.05, 0) is 38.0 Å². The fourth-order valence-corrected chi connectivity index (χ4v) is 1.97. The highest BCUT2D eigenvalue weighted by atomic mass is 35.5. The van der Waals surface area contributed by atoms with Crippen LogP contribution in [0.25, 0.3) is 5.69 Å². The summed E-state index contributed by atoms with van der Waals surface area (Å²) in [5.74, 6) is -0.159. The second-order valence-corrected chi connectivity index (χ2v) is 5.09. The van der Waals surface area contributed by atoms with E-state index in [1.807, 2.05) is 12.1 Å². The number of aromatic nitrogens is 3. The molecule has 19 heavy (non-hydrogen) atoms. The maximum Gasteiger partial charge on any atom is 0.273 e. The van der Waals surface area contributed by atoms with Gasteiger partial charge in [0, 0.05) is 11.1 Å². The highest BCUT2D eigenvalue weighted by Gasteiger charge is 2.26.